The lowest BCUT2D eigenvalue weighted by molar-refractivity contribution is 0.0929. The van der Waals surface area contributed by atoms with E-state index < -0.39 is 5.91 Å². The maximum Gasteiger partial charge on any atom is 0.307 e. The van der Waals surface area contributed by atoms with Gasteiger partial charge >= 0.3 is 5.91 Å². The average molecular weight is 400 g/mol. The standard InChI is InChI=1S/C21H19ClFN3O2/c1-13-8-18(26-6-2-3-7-26)17(23)10-15(13)12-24-25-21(27)20-11-14-9-16(22)4-5-19(14)28-20/h4-5,8-12H,2-3,6-7H2,1H3,(H,25,27). The molecule has 0 spiro atoms. The Kier molecular flexibility index (Phi) is 5.05. The molecule has 0 saturated carbocycles. The van der Waals surface area contributed by atoms with Crippen molar-refractivity contribution in [2.24, 2.45) is 5.10 Å². The van der Waals surface area contributed by atoms with Crippen molar-refractivity contribution in [3.63, 3.8) is 0 Å². The minimum Gasteiger partial charge on any atom is -0.451 e. The molecule has 1 aliphatic heterocycles. The van der Waals surface area contributed by atoms with Crippen molar-refractivity contribution in [3.8, 4) is 0 Å². The van der Waals surface area contributed by atoms with Gasteiger partial charge in [0.15, 0.2) is 5.76 Å². The summed E-state index contributed by atoms with van der Waals surface area (Å²) in [6, 6.07) is 9.98. The molecule has 1 saturated heterocycles. The highest BCUT2D eigenvalue weighted by molar-refractivity contribution is 6.31. The molecule has 1 aliphatic rings. The molecule has 144 valence electrons. The molecule has 1 N–H and O–H groups in total. The van der Waals surface area contributed by atoms with Gasteiger partial charge in [-0.2, -0.15) is 5.10 Å². The van der Waals surface area contributed by atoms with Gasteiger partial charge in [0.1, 0.15) is 11.4 Å². The number of carbonyl (C=O) groups is 1. The van der Waals surface area contributed by atoms with Gasteiger partial charge in [-0.3, -0.25) is 4.79 Å². The molecular formula is C21H19ClFN3O2. The topological polar surface area (TPSA) is 57.8 Å². The quantitative estimate of drug-likeness (QED) is 0.501. The number of rotatable bonds is 4. The molecule has 0 atom stereocenters. The van der Waals surface area contributed by atoms with Crippen LogP contribution in [0.5, 0.6) is 0 Å². The summed E-state index contributed by atoms with van der Waals surface area (Å²) in [7, 11) is 0. The van der Waals surface area contributed by atoms with Gasteiger partial charge in [0.2, 0.25) is 0 Å². The van der Waals surface area contributed by atoms with Crippen LogP contribution in [0.2, 0.25) is 5.02 Å². The highest BCUT2D eigenvalue weighted by atomic mass is 35.5. The number of anilines is 1. The van der Waals surface area contributed by atoms with Gasteiger partial charge in [0.25, 0.3) is 0 Å². The summed E-state index contributed by atoms with van der Waals surface area (Å²) in [6.07, 6.45) is 3.60. The minimum absolute atomic E-state index is 0.127. The molecule has 0 radical (unpaired) electrons. The largest absolute Gasteiger partial charge is 0.451 e. The van der Waals surface area contributed by atoms with E-state index in [4.69, 9.17) is 16.0 Å². The summed E-state index contributed by atoms with van der Waals surface area (Å²) in [6.45, 7) is 3.65. The third-order valence-electron chi connectivity index (χ3n) is 4.85. The maximum atomic E-state index is 14.5. The number of hydrazone groups is 1. The van der Waals surface area contributed by atoms with Crippen molar-refractivity contribution in [2.45, 2.75) is 19.8 Å². The third kappa shape index (κ3) is 3.73. The SMILES string of the molecule is Cc1cc(N2CCCC2)c(F)cc1C=NNC(=O)c1cc2cc(Cl)ccc2o1. The molecular weight excluding hydrogens is 381 g/mol. The van der Waals surface area contributed by atoms with E-state index in [-0.39, 0.29) is 11.6 Å². The number of aryl methyl sites for hydroxylation is 1. The fraction of sp³-hybridized carbons (Fsp3) is 0.238. The molecule has 1 fully saturated rings. The molecule has 5 nitrogen and oxygen atoms in total. The Labute approximate surface area is 166 Å². The number of nitrogens with one attached hydrogen (secondary N) is 1. The third-order valence-corrected chi connectivity index (χ3v) is 5.09. The molecule has 0 unspecified atom stereocenters. The van der Waals surface area contributed by atoms with Gasteiger partial charge in [0.05, 0.1) is 11.9 Å². The van der Waals surface area contributed by atoms with E-state index in [1.807, 2.05) is 13.0 Å². The molecule has 1 amide bonds. The molecule has 7 heteroatoms. The second-order valence-electron chi connectivity index (χ2n) is 6.85. The van der Waals surface area contributed by atoms with Gasteiger partial charge in [-0.05, 0) is 61.7 Å². The van der Waals surface area contributed by atoms with Gasteiger partial charge in [-0.1, -0.05) is 11.6 Å². The first-order chi connectivity index (χ1) is 13.5. The Hall–Kier alpha value is -2.86. The Morgan fingerprint density at radius 2 is 2.04 bits per heavy atom. The highest BCUT2D eigenvalue weighted by Crippen LogP contribution is 2.26. The van der Waals surface area contributed by atoms with Crippen molar-refractivity contribution in [1.82, 2.24) is 5.43 Å². The van der Waals surface area contributed by atoms with E-state index in [0.29, 0.717) is 21.9 Å². The smallest absolute Gasteiger partial charge is 0.307 e. The van der Waals surface area contributed by atoms with Crippen molar-refractivity contribution < 1.29 is 13.6 Å². The van der Waals surface area contributed by atoms with Crippen molar-refractivity contribution in [1.29, 1.82) is 0 Å². The predicted molar refractivity (Wildman–Crippen MR) is 109 cm³/mol. The number of hydrogen-bond acceptors (Lipinski definition) is 4. The number of fused-ring (bicyclic) bond motifs is 1. The molecule has 4 rings (SSSR count). The van der Waals surface area contributed by atoms with E-state index in [1.165, 1.54) is 12.3 Å². The zero-order valence-corrected chi connectivity index (χ0v) is 16.1. The van der Waals surface area contributed by atoms with Crippen LogP contribution in [0.3, 0.4) is 0 Å². The molecule has 2 heterocycles. The number of carbonyl (C=O) groups excluding carboxylic acids is 1. The van der Waals surface area contributed by atoms with E-state index in [1.54, 1.807) is 24.3 Å². The lowest BCUT2D eigenvalue weighted by Gasteiger charge is -2.19. The average Bonchev–Trinajstić information content (AvgIpc) is 3.33. The van der Waals surface area contributed by atoms with E-state index in [0.717, 1.165) is 36.9 Å². The molecule has 3 aromatic rings. The van der Waals surface area contributed by atoms with Gasteiger partial charge in [-0.15, -0.1) is 0 Å². The first-order valence-electron chi connectivity index (χ1n) is 9.09. The van der Waals surface area contributed by atoms with E-state index in [9.17, 15) is 9.18 Å². The normalized spacial score (nSPS) is 14.3. The molecule has 0 aliphatic carbocycles. The zero-order valence-electron chi connectivity index (χ0n) is 15.3. The number of benzene rings is 2. The van der Waals surface area contributed by atoms with Gasteiger partial charge in [-0.25, -0.2) is 9.82 Å². The minimum atomic E-state index is -0.490. The van der Waals surface area contributed by atoms with Crippen LogP contribution in [0, 0.1) is 12.7 Å². The molecule has 1 aromatic heterocycles. The van der Waals surface area contributed by atoms with Crippen LogP contribution in [0.25, 0.3) is 11.0 Å². The van der Waals surface area contributed by atoms with Gasteiger partial charge in [0, 0.05) is 29.1 Å². The Morgan fingerprint density at radius 3 is 2.82 bits per heavy atom. The van der Waals surface area contributed by atoms with Crippen LogP contribution >= 0.6 is 11.6 Å². The maximum absolute atomic E-state index is 14.5. The highest BCUT2D eigenvalue weighted by Gasteiger charge is 2.17. The van der Waals surface area contributed by atoms with Crippen LogP contribution in [-0.4, -0.2) is 25.2 Å². The van der Waals surface area contributed by atoms with Crippen LogP contribution < -0.4 is 10.3 Å². The molecule has 28 heavy (non-hydrogen) atoms. The first-order valence-corrected chi connectivity index (χ1v) is 9.46. The number of amides is 1. The molecule has 2 aromatic carbocycles. The van der Waals surface area contributed by atoms with E-state index in [2.05, 4.69) is 15.4 Å². The van der Waals surface area contributed by atoms with Crippen molar-refractivity contribution in [3.05, 3.63) is 64.1 Å². The Morgan fingerprint density at radius 1 is 1.25 bits per heavy atom. The van der Waals surface area contributed by atoms with Crippen LogP contribution in [-0.2, 0) is 0 Å². The predicted octanol–water partition coefficient (Wildman–Crippen LogP) is 4.90. The molecule has 0 bridgehead atoms. The Balaban J connectivity index is 1.47. The number of hydrogen-bond donors (Lipinski definition) is 1. The van der Waals surface area contributed by atoms with E-state index >= 15 is 0 Å². The van der Waals surface area contributed by atoms with Crippen LogP contribution in [0.15, 0.2) is 45.9 Å². The summed E-state index contributed by atoms with van der Waals surface area (Å²) < 4.78 is 20.0. The van der Waals surface area contributed by atoms with Crippen molar-refractivity contribution in [2.75, 3.05) is 18.0 Å². The summed E-state index contributed by atoms with van der Waals surface area (Å²) >= 11 is 5.94. The van der Waals surface area contributed by atoms with Crippen LogP contribution in [0.4, 0.5) is 10.1 Å². The van der Waals surface area contributed by atoms with Crippen LogP contribution in [0.1, 0.15) is 34.5 Å². The van der Waals surface area contributed by atoms with Crippen molar-refractivity contribution >= 4 is 40.4 Å². The summed E-state index contributed by atoms with van der Waals surface area (Å²) in [5.41, 5.74) is 5.09. The first kappa shape index (κ1) is 18.5. The lowest BCUT2D eigenvalue weighted by Crippen LogP contribution is -2.19. The lowest BCUT2D eigenvalue weighted by atomic mass is 10.1. The zero-order chi connectivity index (χ0) is 19.7. The summed E-state index contributed by atoms with van der Waals surface area (Å²) in [4.78, 5) is 14.3. The second kappa shape index (κ2) is 7.64. The number of nitrogens with zero attached hydrogens (tertiary/aromatic N) is 2. The monoisotopic (exact) mass is 399 g/mol. The number of halogens is 2. The Bertz CT molecular complexity index is 1070. The summed E-state index contributed by atoms with van der Waals surface area (Å²) in [5, 5.41) is 5.24. The second-order valence-corrected chi connectivity index (χ2v) is 7.28. The number of furan rings is 1. The summed E-state index contributed by atoms with van der Waals surface area (Å²) in [5.74, 6) is -0.647. The fourth-order valence-corrected chi connectivity index (χ4v) is 3.54. The fourth-order valence-electron chi connectivity index (χ4n) is 3.36. The van der Waals surface area contributed by atoms with Gasteiger partial charge < -0.3 is 9.32 Å².